The number of carboxylic acids is 1. The summed E-state index contributed by atoms with van der Waals surface area (Å²) in [6, 6.07) is 20.7. The summed E-state index contributed by atoms with van der Waals surface area (Å²) < 4.78 is 38.7. The molecule has 0 aliphatic carbocycles. The van der Waals surface area contributed by atoms with E-state index in [2.05, 4.69) is 25.9 Å². The Kier molecular flexibility index (Phi) is 8.53. The largest absolute Gasteiger partial charge is 0.490 e. The molecule has 15 heteroatoms. The summed E-state index contributed by atoms with van der Waals surface area (Å²) in [5.41, 5.74) is 5.01. The van der Waals surface area contributed by atoms with E-state index in [1.807, 2.05) is 48.5 Å². The zero-order valence-electron chi connectivity index (χ0n) is 22.5. The van der Waals surface area contributed by atoms with Crippen molar-refractivity contribution in [3.63, 3.8) is 0 Å². The van der Waals surface area contributed by atoms with Gasteiger partial charge < -0.3 is 25.5 Å². The summed E-state index contributed by atoms with van der Waals surface area (Å²) in [6.45, 7) is -0.200. The second kappa shape index (κ2) is 12.5. The van der Waals surface area contributed by atoms with E-state index in [1.54, 1.807) is 18.2 Å². The van der Waals surface area contributed by atoms with Crippen molar-refractivity contribution in [2.45, 2.75) is 25.6 Å². The zero-order valence-corrected chi connectivity index (χ0v) is 23.2. The van der Waals surface area contributed by atoms with Crippen LogP contribution in [0.1, 0.15) is 11.1 Å². The molecule has 1 aliphatic rings. The first-order valence-electron chi connectivity index (χ1n) is 12.9. The number of aryl methyl sites for hydroxylation is 2. The number of amides is 1. The molecule has 3 aromatic carbocycles. The van der Waals surface area contributed by atoms with E-state index in [0.717, 1.165) is 16.8 Å². The van der Waals surface area contributed by atoms with Crippen molar-refractivity contribution in [2.75, 3.05) is 16.0 Å². The number of aliphatic carboxylic acids is 1. The molecule has 4 N–H and O–H groups in total. The predicted octanol–water partition coefficient (Wildman–Crippen LogP) is 5.90. The molecule has 1 amide bonds. The number of carboxylic acid groups (broad SMARTS) is 1. The number of carbonyl (C=O) groups is 2. The Balaban J connectivity index is 0.000000493. The third-order valence-electron chi connectivity index (χ3n) is 6.32. The van der Waals surface area contributed by atoms with E-state index in [0.29, 0.717) is 52.1 Å². The van der Waals surface area contributed by atoms with Crippen LogP contribution in [0.4, 0.5) is 42.0 Å². The van der Waals surface area contributed by atoms with Gasteiger partial charge in [-0.15, -0.1) is 0 Å². The molecule has 5 aromatic rings. The van der Waals surface area contributed by atoms with Crippen molar-refractivity contribution in [3.8, 4) is 0 Å². The maximum Gasteiger partial charge on any atom is 0.490 e. The molecule has 0 fully saturated rings. The van der Waals surface area contributed by atoms with Crippen LogP contribution < -0.4 is 21.7 Å². The van der Waals surface area contributed by atoms with Crippen LogP contribution in [0.5, 0.6) is 0 Å². The summed E-state index contributed by atoms with van der Waals surface area (Å²) in [4.78, 5) is 43.3. The van der Waals surface area contributed by atoms with Gasteiger partial charge in [-0.05, 0) is 60.4 Å². The van der Waals surface area contributed by atoms with Gasteiger partial charge in [-0.3, -0.25) is 9.36 Å². The minimum atomic E-state index is -5.08. The van der Waals surface area contributed by atoms with Crippen LogP contribution in [0.15, 0.2) is 82.1 Å². The van der Waals surface area contributed by atoms with E-state index in [9.17, 15) is 22.8 Å². The second-order valence-electron chi connectivity index (χ2n) is 9.50. The van der Waals surface area contributed by atoms with E-state index >= 15 is 0 Å². The van der Waals surface area contributed by atoms with Gasteiger partial charge >= 0.3 is 17.9 Å². The molecule has 6 rings (SSSR count). The van der Waals surface area contributed by atoms with Crippen LogP contribution in [0.3, 0.4) is 0 Å². The number of rotatable bonds is 3. The zero-order chi connectivity index (χ0) is 31.4. The molecule has 0 atom stereocenters. The number of aromatic nitrogens is 3. The minimum absolute atomic E-state index is 0.200. The Bertz CT molecular complexity index is 1910. The molecule has 0 saturated carbocycles. The molecule has 11 nitrogen and oxygen atoms in total. The molecule has 0 spiro atoms. The average molecular weight is 627 g/mol. The van der Waals surface area contributed by atoms with Gasteiger partial charge in [0.15, 0.2) is 11.4 Å². The van der Waals surface area contributed by atoms with Crippen LogP contribution in [-0.2, 0) is 29.0 Å². The van der Waals surface area contributed by atoms with Crippen molar-refractivity contribution in [1.82, 2.24) is 14.5 Å². The molecule has 0 saturated heterocycles. The van der Waals surface area contributed by atoms with Crippen LogP contribution >= 0.6 is 11.6 Å². The fourth-order valence-corrected chi connectivity index (χ4v) is 4.51. The highest BCUT2D eigenvalue weighted by molar-refractivity contribution is 6.33. The van der Waals surface area contributed by atoms with Crippen molar-refractivity contribution in [3.05, 3.63) is 99.6 Å². The van der Waals surface area contributed by atoms with Gasteiger partial charge in [0.05, 0.1) is 11.7 Å². The summed E-state index contributed by atoms with van der Waals surface area (Å²) >= 11 is 6.39. The van der Waals surface area contributed by atoms with Crippen LogP contribution in [0.25, 0.3) is 11.1 Å². The topological polar surface area (TPSA) is 151 Å². The first-order chi connectivity index (χ1) is 21.0. The van der Waals surface area contributed by atoms with E-state index in [4.69, 9.17) is 25.9 Å². The molecule has 0 radical (unpaired) electrons. The number of benzene rings is 3. The summed E-state index contributed by atoms with van der Waals surface area (Å²) in [5.74, 6) is -2.91. The number of oxazole rings is 1. The molecular weight excluding hydrogens is 605 g/mol. The third-order valence-corrected chi connectivity index (χ3v) is 6.60. The quantitative estimate of drug-likeness (QED) is 0.192. The number of para-hydroxylation sites is 1. The van der Waals surface area contributed by atoms with Crippen molar-refractivity contribution in [1.29, 1.82) is 0 Å². The monoisotopic (exact) mass is 626 g/mol. The predicted molar refractivity (Wildman–Crippen MR) is 157 cm³/mol. The lowest BCUT2D eigenvalue weighted by atomic mass is 10.0. The van der Waals surface area contributed by atoms with Gasteiger partial charge in [0, 0.05) is 17.1 Å². The number of nitrogens with one attached hydrogen (secondary N) is 3. The lowest BCUT2D eigenvalue weighted by Gasteiger charge is -2.12. The first kappa shape index (κ1) is 30.1. The Morgan fingerprint density at radius 1 is 1.02 bits per heavy atom. The average Bonchev–Trinajstić information content (AvgIpc) is 3.28. The minimum Gasteiger partial charge on any atom is -0.475 e. The lowest BCUT2D eigenvalue weighted by Crippen LogP contribution is -2.24. The number of halogens is 4. The van der Waals surface area contributed by atoms with Crippen LogP contribution in [-0.4, -0.2) is 37.7 Å². The highest BCUT2D eigenvalue weighted by Gasteiger charge is 2.38. The maximum absolute atomic E-state index is 12.9. The van der Waals surface area contributed by atoms with Crippen molar-refractivity contribution >= 4 is 63.4 Å². The lowest BCUT2D eigenvalue weighted by molar-refractivity contribution is -0.192. The number of carbonyl (C=O) groups excluding carboxylic acids is 1. The number of anilines is 5. The third kappa shape index (κ3) is 7.15. The van der Waals surface area contributed by atoms with Crippen molar-refractivity contribution in [2.24, 2.45) is 0 Å². The van der Waals surface area contributed by atoms with Crippen molar-refractivity contribution < 1.29 is 32.3 Å². The Morgan fingerprint density at radius 2 is 1.77 bits per heavy atom. The molecule has 226 valence electrons. The van der Waals surface area contributed by atoms with E-state index < -0.39 is 17.9 Å². The Morgan fingerprint density at radius 3 is 2.50 bits per heavy atom. The van der Waals surface area contributed by atoms with Gasteiger partial charge in [0.2, 0.25) is 11.9 Å². The number of fused-ring (bicyclic) bond motifs is 8. The summed E-state index contributed by atoms with van der Waals surface area (Å²) in [6.07, 6.45) is -2.25. The molecule has 1 aliphatic heterocycles. The van der Waals surface area contributed by atoms with E-state index in [1.165, 1.54) is 10.8 Å². The Hall–Kier alpha value is -5.37. The molecule has 0 unspecified atom stereocenters. The van der Waals surface area contributed by atoms with Gasteiger partial charge in [-0.2, -0.15) is 18.2 Å². The number of hydrogen-bond donors (Lipinski definition) is 4. The first-order valence-corrected chi connectivity index (χ1v) is 13.3. The maximum atomic E-state index is 12.9. The Labute approximate surface area is 251 Å². The molecular formula is C29H22ClF3N6O5. The number of alkyl halides is 3. The highest BCUT2D eigenvalue weighted by atomic mass is 35.5. The summed E-state index contributed by atoms with van der Waals surface area (Å²) in [7, 11) is 0. The van der Waals surface area contributed by atoms with Gasteiger partial charge in [-0.25, -0.2) is 14.6 Å². The van der Waals surface area contributed by atoms with Gasteiger partial charge in [0.25, 0.3) is 0 Å². The molecule has 3 heterocycles. The molecule has 6 bridgehead atoms. The normalized spacial score (nSPS) is 12.3. The smallest absolute Gasteiger partial charge is 0.475 e. The molecule has 44 heavy (non-hydrogen) atoms. The highest BCUT2D eigenvalue weighted by Crippen LogP contribution is 2.31. The number of hydrogen-bond acceptors (Lipinski definition) is 8. The molecule has 2 aromatic heterocycles. The standard InChI is InChI=1S/C27H21ClN6O3.C2HF3O2/c28-21-14-29-26-32-19-8-4-5-16(11-19)9-10-17-12-20(31-25(21)33-26)13-22-24(17)37-27(36)34(22)15-23(35)30-18-6-2-1-3-7-18;3-2(4,5)1(6)7/h1-8,11-14H,9-10,15H2,(H,30,35)(H2,29,31,32,33);(H,6,7). The SMILES string of the molecule is O=C(Cn1c(=O)oc2c3cc(cc21)Nc1nc(ncc1Cl)Nc1cccc(c1)CC3)Nc1ccccc1.O=C(O)C(F)(F)F. The van der Waals surface area contributed by atoms with Crippen LogP contribution in [0.2, 0.25) is 5.02 Å². The summed E-state index contributed by atoms with van der Waals surface area (Å²) in [5, 5.41) is 16.7. The van der Waals surface area contributed by atoms with Crippen LogP contribution in [0, 0.1) is 0 Å². The van der Waals surface area contributed by atoms with Gasteiger partial charge in [0.1, 0.15) is 11.6 Å². The van der Waals surface area contributed by atoms with Gasteiger partial charge in [-0.1, -0.05) is 41.9 Å². The second-order valence-corrected chi connectivity index (χ2v) is 9.90. The fourth-order valence-electron chi connectivity index (χ4n) is 4.37. The van der Waals surface area contributed by atoms with E-state index in [-0.39, 0.29) is 12.5 Å². The number of nitrogens with zero attached hydrogens (tertiary/aromatic N) is 3. The fraction of sp³-hybridized carbons (Fsp3) is 0.138.